The molecule has 6 heteroatoms. The van der Waals surface area contributed by atoms with Gasteiger partial charge in [-0.3, -0.25) is 4.99 Å². The van der Waals surface area contributed by atoms with Crippen LogP contribution >= 0.6 is 0 Å². The predicted octanol–water partition coefficient (Wildman–Crippen LogP) is 3.08. The standard InChI is InChI=1S/C23H32N4O2/c1-4-24-23(25-14-12-18-8-7-9-20(16-18)28-2)26-19-13-15-27(17-19)21-10-5-6-11-22(21)29-3/h5-11,16,19H,4,12-15,17H2,1-3H3,(H2,24,25,26). The Hall–Kier alpha value is -2.89. The van der Waals surface area contributed by atoms with Gasteiger partial charge in [0.1, 0.15) is 11.5 Å². The van der Waals surface area contributed by atoms with Gasteiger partial charge in [0.05, 0.1) is 19.9 Å². The molecule has 2 aromatic rings. The minimum Gasteiger partial charge on any atom is -0.497 e. The molecule has 0 radical (unpaired) electrons. The Morgan fingerprint density at radius 3 is 2.79 bits per heavy atom. The summed E-state index contributed by atoms with van der Waals surface area (Å²) in [7, 11) is 3.42. The van der Waals surface area contributed by atoms with E-state index in [4.69, 9.17) is 14.5 Å². The zero-order chi connectivity index (χ0) is 20.5. The van der Waals surface area contributed by atoms with Crippen molar-refractivity contribution in [2.75, 3.05) is 45.3 Å². The number of nitrogens with one attached hydrogen (secondary N) is 2. The number of rotatable bonds is 8. The average molecular weight is 397 g/mol. The molecule has 2 aromatic carbocycles. The number of para-hydroxylation sites is 2. The Morgan fingerprint density at radius 2 is 2.00 bits per heavy atom. The fourth-order valence-corrected chi connectivity index (χ4v) is 3.63. The monoisotopic (exact) mass is 396 g/mol. The van der Waals surface area contributed by atoms with Crippen LogP contribution in [0.15, 0.2) is 53.5 Å². The first-order valence-electron chi connectivity index (χ1n) is 10.3. The summed E-state index contributed by atoms with van der Waals surface area (Å²) in [5, 5.41) is 6.96. The van der Waals surface area contributed by atoms with Crippen molar-refractivity contribution in [3.05, 3.63) is 54.1 Å². The number of hydrogen-bond donors (Lipinski definition) is 2. The van der Waals surface area contributed by atoms with Crippen LogP contribution in [0.25, 0.3) is 0 Å². The Kier molecular flexibility index (Phi) is 7.61. The first-order valence-corrected chi connectivity index (χ1v) is 10.3. The summed E-state index contributed by atoms with van der Waals surface area (Å²) >= 11 is 0. The second-order valence-corrected chi connectivity index (χ2v) is 7.11. The molecule has 1 aliphatic heterocycles. The van der Waals surface area contributed by atoms with Crippen molar-refractivity contribution in [2.45, 2.75) is 25.8 Å². The van der Waals surface area contributed by atoms with Gasteiger partial charge in [-0.15, -0.1) is 0 Å². The first-order chi connectivity index (χ1) is 14.2. The molecule has 2 N–H and O–H groups in total. The highest BCUT2D eigenvalue weighted by atomic mass is 16.5. The van der Waals surface area contributed by atoms with E-state index >= 15 is 0 Å². The van der Waals surface area contributed by atoms with Gasteiger partial charge in [-0.25, -0.2) is 0 Å². The van der Waals surface area contributed by atoms with Crippen molar-refractivity contribution in [3.8, 4) is 11.5 Å². The van der Waals surface area contributed by atoms with E-state index in [1.807, 2.05) is 24.3 Å². The van der Waals surface area contributed by atoms with E-state index in [0.717, 1.165) is 62.2 Å². The van der Waals surface area contributed by atoms with Crippen LogP contribution in [0.5, 0.6) is 11.5 Å². The van der Waals surface area contributed by atoms with Crippen LogP contribution < -0.4 is 25.0 Å². The molecule has 0 aromatic heterocycles. The second kappa shape index (κ2) is 10.6. The second-order valence-electron chi connectivity index (χ2n) is 7.11. The molecular weight excluding hydrogens is 364 g/mol. The maximum atomic E-state index is 5.52. The summed E-state index contributed by atoms with van der Waals surface area (Å²) in [6.45, 7) is 5.59. The normalized spacial score (nSPS) is 16.6. The van der Waals surface area contributed by atoms with Crippen molar-refractivity contribution in [1.29, 1.82) is 0 Å². The van der Waals surface area contributed by atoms with E-state index in [1.165, 1.54) is 5.56 Å². The minimum atomic E-state index is 0.356. The molecule has 1 unspecified atom stereocenters. The van der Waals surface area contributed by atoms with Crippen LogP contribution in [0.2, 0.25) is 0 Å². The van der Waals surface area contributed by atoms with E-state index in [1.54, 1.807) is 14.2 Å². The molecule has 1 heterocycles. The summed E-state index contributed by atoms with van der Waals surface area (Å²) in [6.07, 6.45) is 1.95. The predicted molar refractivity (Wildman–Crippen MR) is 119 cm³/mol. The number of anilines is 1. The van der Waals surface area contributed by atoms with Crippen LogP contribution in [0.4, 0.5) is 5.69 Å². The lowest BCUT2D eigenvalue weighted by Gasteiger charge is -2.22. The van der Waals surface area contributed by atoms with Gasteiger partial charge in [-0.2, -0.15) is 0 Å². The Morgan fingerprint density at radius 1 is 1.14 bits per heavy atom. The smallest absolute Gasteiger partial charge is 0.191 e. The third-order valence-corrected chi connectivity index (χ3v) is 5.10. The lowest BCUT2D eigenvalue weighted by Crippen LogP contribution is -2.44. The Balaban J connectivity index is 1.56. The van der Waals surface area contributed by atoms with Gasteiger partial charge < -0.3 is 25.0 Å². The molecule has 0 bridgehead atoms. The molecule has 3 rings (SSSR count). The van der Waals surface area contributed by atoms with Gasteiger partial charge in [0.2, 0.25) is 0 Å². The van der Waals surface area contributed by atoms with Gasteiger partial charge in [0, 0.05) is 32.2 Å². The summed E-state index contributed by atoms with van der Waals surface area (Å²) in [5.41, 5.74) is 2.38. The first kappa shape index (κ1) is 20.8. The quantitative estimate of drug-likeness (QED) is 0.530. The number of guanidine groups is 1. The molecule has 29 heavy (non-hydrogen) atoms. The zero-order valence-electron chi connectivity index (χ0n) is 17.6. The number of ether oxygens (including phenoxy) is 2. The number of methoxy groups -OCH3 is 2. The van der Waals surface area contributed by atoms with Gasteiger partial charge in [0.25, 0.3) is 0 Å². The van der Waals surface area contributed by atoms with Gasteiger partial charge in [0.15, 0.2) is 5.96 Å². The zero-order valence-corrected chi connectivity index (χ0v) is 17.6. The summed E-state index contributed by atoms with van der Waals surface area (Å²) in [5.74, 6) is 2.69. The molecule has 0 amide bonds. The number of benzene rings is 2. The number of aliphatic imine (C=N–C) groups is 1. The summed E-state index contributed by atoms with van der Waals surface area (Å²) in [4.78, 5) is 7.14. The average Bonchev–Trinajstić information content (AvgIpc) is 3.22. The van der Waals surface area contributed by atoms with Crippen molar-refractivity contribution in [3.63, 3.8) is 0 Å². The van der Waals surface area contributed by atoms with E-state index in [9.17, 15) is 0 Å². The Bertz CT molecular complexity index is 809. The fourth-order valence-electron chi connectivity index (χ4n) is 3.63. The topological polar surface area (TPSA) is 58.1 Å². The van der Waals surface area contributed by atoms with Crippen molar-refractivity contribution >= 4 is 11.6 Å². The molecule has 156 valence electrons. The van der Waals surface area contributed by atoms with Crippen LogP contribution in [-0.4, -0.2) is 52.4 Å². The number of hydrogen-bond acceptors (Lipinski definition) is 4. The molecule has 1 aliphatic rings. The van der Waals surface area contributed by atoms with E-state index < -0.39 is 0 Å². The van der Waals surface area contributed by atoms with Crippen LogP contribution in [0.1, 0.15) is 18.9 Å². The maximum Gasteiger partial charge on any atom is 0.191 e. The van der Waals surface area contributed by atoms with E-state index in [0.29, 0.717) is 6.04 Å². The van der Waals surface area contributed by atoms with Crippen LogP contribution in [0.3, 0.4) is 0 Å². The molecule has 0 spiro atoms. The SMILES string of the molecule is CCNC(=NCCc1cccc(OC)c1)NC1CCN(c2ccccc2OC)C1. The highest BCUT2D eigenvalue weighted by molar-refractivity contribution is 5.80. The molecule has 0 aliphatic carbocycles. The van der Waals surface area contributed by atoms with E-state index in [2.05, 4.69) is 46.7 Å². The van der Waals surface area contributed by atoms with Gasteiger partial charge in [-0.1, -0.05) is 24.3 Å². The highest BCUT2D eigenvalue weighted by Gasteiger charge is 2.25. The fraction of sp³-hybridized carbons (Fsp3) is 0.435. The van der Waals surface area contributed by atoms with Crippen molar-refractivity contribution in [1.82, 2.24) is 10.6 Å². The highest BCUT2D eigenvalue weighted by Crippen LogP contribution is 2.30. The molecule has 1 saturated heterocycles. The molecule has 1 fully saturated rings. The third-order valence-electron chi connectivity index (χ3n) is 5.10. The van der Waals surface area contributed by atoms with Crippen molar-refractivity contribution in [2.24, 2.45) is 4.99 Å². The minimum absolute atomic E-state index is 0.356. The third kappa shape index (κ3) is 5.79. The summed E-state index contributed by atoms with van der Waals surface area (Å²) < 4.78 is 10.8. The lowest BCUT2D eigenvalue weighted by molar-refractivity contribution is 0.414. The molecule has 0 saturated carbocycles. The summed E-state index contributed by atoms with van der Waals surface area (Å²) in [6, 6.07) is 16.7. The Labute approximate surface area is 173 Å². The van der Waals surface area contributed by atoms with Crippen molar-refractivity contribution < 1.29 is 9.47 Å². The van der Waals surface area contributed by atoms with Crippen LogP contribution in [0, 0.1) is 0 Å². The lowest BCUT2D eigenvalue weighted by atomic mass is 10.1. The van der Waals surface area contributed by atoms with E-state index in [-0.39, 0.29) is 0 Å². The van der Waals surface area contributed by atoms with Gasteiger partial charge in [-0.05, 0) is 49.6 Å². The number of nitrogens with zero attached hydrogens (tertiary/aromatic N) is 2. The largest absolute Gasteiger partial charge is 0.497 e. The van der Waals surface area contributed by atoms with Gasteiger partial charge >= 0.3 is 0 Å². The molecule has 1 atom stereocenters. The molecular formula is C23H32N4O2. The maximum absolute atomic E-state index is 5.52. The van der Waals surface area contributed by atoms with Crippen LogP contribution in [-0.2, 0) is 6.42 Å². The molecule has 6 nitrogen and oxygen atoms in total.